The molecule has 2 rings (SSSR count). The minimum atomic E-state index is -1.07. The molecule has 9 heteroatoms. The average Bonchev–Trinajstić information content (AvgIpc) is 2.95. The maximum Gasteiger partial charge on any atom is 0.305 e. The van der Waals surface area contributed by atoms with Crippen molar-refractivity contribution in [3.05, 3.63) is 63.3 Å². The minimum Gasteiger partial charge on any atom is -0.458 e. The molecule has 0 atom stereocenters. The summed E-state index contributed by atoms with van der Waals surface area (Å²) in [6, 6.07) is 3.87. The number of carbonyl (C=O) groups excluding carboxylic acids is 2. The first-order chi connectivity index (χ1) is 9.95. The van der Waals surface area contributed by atoms with E-state index in [4.69, 9.17) is 10.3 Å². The number of rotatable bonds is 4. The molecule has 0 fully saturated rings. The lowest BCUT2D eigenvalue weighted by Crippen LogP contribution is -2.30. The van der Waals surface area contributed by atoms with Crippen LogP contribution >= 0.6 is 0 Å². The minimum absolute atomic E-state index is 0.140. The number of nitro groups is 1. The van der Waals surface area contributed by atoms with Gasteiger partial charge in [0, 0.05) is 11.6 Å². The van der Waals surface area contributed by atoms with E-state index >= 15 is 0 Å². The number of furan rings is 1. The Morgan fingerprint density at radius 3 is 2.67 bits per heavy atom. The molecule has 1 aromatic heterocycles. The summed E-state index contributed by atoms with van der Waals surface area (Å²) in [6.07, 6.45) is 1.09. The van der Waals surface area contributed by atoms with Gasteiger partial charge in [-0.1, -0.05) is 0 Å². The van der Waals surface area contributed by atoms with Gasteiger partial charge in [0.2, 0.25) is 11.6 Å². The van der Waals surface area contributed by atoms with Gasteiger partial charge in [0.1, 0.15) is 0 Å². The van der Waals surface area contributed by atoms with Crippen LogP contribution in [0.15, 0.2) is 34.9 Å². The number of hydrazine groups is 1. The van der Waals surface area contributed by atoms with E-state index < -0.39 is 28.1 Å². The zero-order chi connectivity index (χ0) is 15.6. The topological polar surface area (TPSA) is 128 Å². The summed E-state index contributed by atoms with van der Waals surface area (Å²) in [5.74, 6) is 1.98. The number of halogens is 1. The van der Waals surface area contributed by atoms with Gasteiger partial charge in [0.15, 0.2) is 5.78 Å². The molecule has 108 valence electrons. The van der Waals surface area contributed by atoms with Gasteiger partial charge in [-0.25, -0.2) is 5.84 Å². The molecule has 0 aliphatic heterocycles. The highest BCUT2D eigenvalue weighted by Crippen LogP contribution is 2.22. The van der Waals surface area contributed by atoms with Crippen LogP contribution in [0.5, 0.6) is 0 Å². The van der Waals surface area contributed by atoms with Crippen molar-refractivity contribution >= 4 is 17.4 Å². The SMILES string of the molecule is NNC(=O)c1occc1C(=O)c1ccc(F)c([N+](=O)[O-])c1. The van der Waals surface area contributed by atoms with Crippen molar-refractivity contribution in [2.24, 2.45) is 5.84 Å². The summed E-state index contributed by atoms with van der Waals surface area (Å²) in [6.45, 7) is 0. The fourth-order valence-corrected chi connectivity index (χ4v) is 1.68. The first kappa shape index (κ1) is 14.3. The number of hydrogen-bond donors (Lipinski definition) is 2. The first-order valence-electron chi connectivity index (χ1n) is 5.52. The Bertz CT molecular complexity index is 740. The van der Waals surface area contributed by atoms with Gasteiger partial charge in [-0.15, -0.1) is 0 Å². The van der Waals surface area contributed by atoms with Crippen LogP contribution in [-0.4, -0.2) is 16.6 Å². The highest BCUT2D eigenvalue weighted by Gasteiger charge is 2.24. The van der Waals surface area contributed by atoms with Crippen LogP contribution in [0.3, 0.4) is 0 Å². The molecule has 0 radical (unpaired) electrons. The number of nitrogens with two attached hydrogens (primary N) is 1. The predicted molar refractivity (Wildman–Crippen MR) is 66.8 cm³/mol. The third kappa shape index (κ3) is 2.62. The number of nitrogens with one attached hydrogen (secondary N) is 1. The molecule has 2 aromatic rings. The van der Waals surface area contributed by atoms with E-state index in [0.717, 1.165) is 24.5 Å². The Morgan fingerprint density at radius 2 is 2.05 bits per heavy atom. The van der Waals surface area contributed by atoms with E-state index in [2.05, 4.69) is 0 Å². The fraction of sp³-hybridized carbons (Fsp3) is 0. The van der Waals surface area contributed by atoms with E-state index in [1.165, 1.54) is 6.07 Å². The van der Waals surface area contributed by atoms with Gasteiger partial charge >= 0.3 is 11.6 Å². The summed E-state index contributed by atoms with van der Waals surface area (Å²) in [7, 11) is 0. The molecular weight excluding hydrogens is 285 g/mol. The molecule has 0 bridgehead atoms. The zero-order valence-corrected chi connectivity index (χ0v) is 10.3. The Morgan fingerprint density at radius 1 is 1.33 bits per heavy atom. The van der Waals surface area contributed by atoms with Crippen molar-refractivity contribution in [3.8, 4) is 0 Å². The van der Waals surface area contributed by atoms with E-state index in [1.54, 1.807) is 5.43 Å². The molecule has 0 aliphatic carbocycles. The number of amides is 1. The van der Waals surface area contributed by atoms with Gasteiger partial charge in [-0.3, -0.25) is 25.1 Å². The Kier molecular flexibility index (Phi) is 3.76. The molecule has 8 nitrogen and oxygen atoms in total. The van der Waals surface area contributed by atoms with E-state index in [9.17, 15) is 24.1 Å². The normalized spacial score (nSPS) is 10.2. The van der Waals surface area contributed by atoms with E-state index in [0.29, 0.717) is 0 Å². The third-order valence-electron chi connectivity index (χ3n) is 2.65. The van der Waals surface area contributed by atoms with E-state index in [1.807, 2.05) is 0 Å². The van der Waals surface area contributed by atoms with Gasteiger partial charge < -0.3 is 4.42 Å². The third-order valence-corrected chi connectivity index (χ3v) is 2.65. The number of hydrogen-bond acceptors (Lipinski definition) is 6. The molecule has 0 spiro atoms. The Hall–Kier alpha value is -3.07. The largest absolute Gasteiger partial charge is 0.458 e. The van der Waals surface area contributed by atoms with Crippen LogP contribution in [0.1, 0.15) is 26.5 Å². The molecular formula is C12H8FN3O5. The van der Waals surface area contributed by atoms with Gasteiger partial charge in [-0.2, -0.15) is 4.39 Å². The molecule has 3 N–H and O–H groups in total. The van der Waals surface area contributed by atoms with Crippen LogP contribution in [0, 0.1) is 15.9 Å². The summed E-state index contributed by atoms with van der Waals surface area (Å²) < 4.78 is 18.1. The van der Waals surface area contributed by atoms with Crippen molar-refractivity contribution in [2.75, 3.05) is 0 Å². The van der Waals surface area contributed by atoms with Crippen LogP contribution in [-0.2, 0) is 0 Å². The summed E-state index contributed by atoms with van der Waals surface area (Å²) in [5.41, 5.74) is 0.664. The molecule has 0 saturated heterocycles. The van der Waals surface area contributed by atoms with Gasteiger partial charge in [-0.05, 0) is 18.2 Å². The number of carbonyl (C=O) groups is 2. The Balaban J connectivity index is 2.46. The van der Waals surface area contributed by atoms with Crippen molar-refractivity contribution in [3.63, 3.8) is 0 Å². The van der Waals surface area contributed by atoms with Crippen LogP contribution in [0.4, 0.5) is 10.1 Å². The molecule has 1 amide bonds. The molecule has 0 unspecified atom stereocenters. The maximum absolute atomic E-state index is 13.2. The van der Waals surface area contributed by atoms with Gasteiger partial charge in [0.05, 0.1) is 16.7 Å². The molecule has 0 aliphatic rings. The molecule has 21 heavy (non-hydrogen) atoms. The quantitative estimate of drug-likeness (QED) is 0.286. The zero-order valence-electron chi connectivity index (χ0n) is 10.3. The second-order valence-electron chi connectivity index (χ2n) is 3.89. The van der Waals surface area contributed by atoms with Crippen molar-refractivity contribution < 1.29 is 23.3 Å². The van der Waals surface area contributed by atoms with Crippen LogP contribution in [0.2, 0.25) is 0 Å². The first-order valence-corrected chi connectivity index (χ1v) is 5.52. The molecule has 0 saturated carbocycles. The van der Waals surface area contributed by atoms with Crippen molar-refractivity contribution in [2.45, 2.75) is 0 Å². The maximum atomic E-state index is 13.2. The van der Waals surface area contributed by atoms with E-state index in [-0.39, 0.29) is 16.9 Å². The summed E-state index contributed by atoms with van der Waals surface area (Å²) >= 11 is 0. The lowest BCUT2D eigenvalue weighted by molar-refractivity contribution is -0.387. The van der Waals surface area contributed by atoms with Crippen molar-refractivity contribution in [1.82, 2.24) is 5.43 Å². The lowest BCUT2D eigenvalue weighted by atomic mass is 10.0. The van der Waals surface area contributed by atoms with Crippen molar-refractivity contribution in [1.29, 1.82) is 0 Å². The average molecular weight is 293 g/mol. The second-order valence-corrected chi connectivity index (χ2v) is 3.89. The second kappa shape index (κ2) is 5.51. The van der Waals surface area contributed by atoms with Crippen LogP contribution < -0.4 is 11.3 Å². The fourth-order valence-electron chi connectivity index (χ4n) is 1.68. The molecule has 1 heterocycles. The monoisotopic (exact) mass is 293 g/mol. The smallest absolute Gasteiger partial charge is 0.305 e. The summed E-state index contributed by atoms with van der Waals surface area (Å²) in [4.78, 5) is 33.3. The van der Waals surface area contributed by atoms with Crippen LogP contribution in [0.25, 0.3) is 0 Å². The van der Waals surface area contributed by atoms with Gasteiger partial charge in [0.25, 0.3) is 0 Å². The number of benzene rings is 1. The molecule has 1 aromatic carbocycles. The lowest BCUT2D eigenvalue weighted by Gasteiger charge is -2.02. The standard InChI is InChI=1S/C12H8FN3O5/c13-8-2-1-6(5-9(8)16(19)20)10(17)7-3-4-21-11(7)12(18)15-14/h1-5H,14H2,(H,15,18). The number of nitrogen functional groups attached to an aromatic ring is 1. The predicted octanol–water partition coefficient (Wildman–Crippen LogP) is 1.16. The highest BCUT2D eigenvalue weighted by atomic mass is 19.1. The number of nitrogens with zero attached hydrogens (tertiary/aromatic N) is 1. The Labute approximate surface area is 116 Å². The number of ketones is 1. The number of nitro benzene ring substituents is 1. The summed E-state index contributed by atoms with van der Waals surface area (Å²) in [5, 5.41) is 10.7. The highest BCUT2D eigenvalue weighted by molar-refractivity contribution is 6.14.